The largest absolute Gasteiger partial charge is 0.525 e. The van der Waals surface area contributed by atoms with E-state index in [4.69, 9.17) is 9.47 Å². The maximum absolute atomic E-state index is 12.9. The fourth-order valence-electron chi connectivity index (χ4n) is 3.35. The molecule has 0 aromatic heterocycles. The maximum Gasteiger partial charge on any atom is 0.525 e. The number of alkyl halides is 3. The van der Waals surface area contributed by atoms with Crippen LogP contribution in [0.1, 0.15) is 54.3 Å². The summed E-state index contributed by atoms with van der Waals surface area (Å²) in [6.07, 6.45) is 5.70. The minimum Gasteiger partial charge on any atom is -0.455 e. The van der Waals surface area contributed by atoms with Crippen molar-refractivity contribution >= 4 is 32.7 Å². The van der Waals surface area contributed by atoms with Gasteiger partial charge in [-0.2, -0.15) is 21.6 Å². The SMILES string of the molecule is C/C=C\C(=C/CC)OC(CC)Oc1cc2c3c(cccc3c1)C(=O)N(OS(=O)(=O)C(F)(F)F)C2=O. The van der Waals surface area contributed by atoms with Gasteiger partial charge in [0.05, 0.1) is 11.1 Å². The van der Waals surface area contributed by atoms with Gasteiger partial charge < -0.3 is 9.47 Å². The zero-order valence-corrected chi connectivity index (χ0v) is 19.8. The number of amides is 2. The Morgan fingerprint density at radius 2 is 1.80 bits per heavy atom. The molecule has 0 bridgehead atoms. The monoisotopic (exact) mass is 513 g/mol. The van der Waals surface area contributed by atoms with Crippen LogP contribution in [0.3, 0.4) is 0 Å². The molecule has 2 amide bonds. The summed E-state index contributed by atoms with van der Waals surface area (Å²) in [5, 5.41) is 0.0993. The minimum absolute atomic E-state index is 0.120. The highest BCUT2D eigenvalue weighted by Crippen LogP contribution is 2.36. The second-order valence-corrected chi connectivity index (χ2v) is 8.86. The average molecular weight is 513 g/mol. The van der Waals surface area contributed by atoms with Crippen LogP contribution in [-0.4, -0.2) is 37.1 Å². The normalized spacial score (nSPS) is 15.7. The highest BCUT2D eigenvalue weighted by Gasteiger charge is 2.51. The van der Waals surface area contributed by atoms with Crippen LogP contribution in [-0.2, 0) is 19.1 Å². The van der Waals surface area contributed by atoms with Gasteiger partial charge >= 0.3 is 15.6 Å². The Morgan fingerprint density at radius 3 is 2.40 bits per heavy atom. The highest BCUT2D eigenvalue weighted by molar-refractivity contribution is 7.87. The number of benzene rings is 2. The molecule has 0 aliphatic carbocycles. The molecule has 2 aromatic carbocycles. The summed E-state index contributed by atoms with van der Waals surface area (Å²) in [4.78, 5) is 25.6. The van der Waals surface area contributed by atoms with Crippen molar-refractivity contribution in [3.8, 4) is 5.75 Å². The van der Waals surface area contributed by atoms with E-state index in [1.807, 2.05) is 19.9 Å². The predicted octanol–water partition coefficient (Wildman–Crippen LogP) is 5.22. The van der Waals surface area contributed by atoms with Crippen LogP contribution >= 0.6 is 0 Å². The van der Waals surface area contributed by atoms with Gasteiger partial charge in [-0.15, -0.1) is 9.35 Å². The molecule has 35 heavy (non-hydrogen) atoms. The van der Waals surface area contributed by atoms with E-state index >= 15 is 0 Å². The van der Waals surface area contributed by atoms with Crippen molar-refractivity contribution < 1.29 is 44.9 Å². The first kappa shape index (κ1) is 26.2. The molecule has 0 saturated heterocycles. The molecule has 0 saturated carbocycles. The third-order valence-corrected chi connectivity index (χ3v) is 5.75. The van der Waals surface area contributed by atoms with Gasteiger partial charge in [0.1, 0.15) is 11.5 Å². The molecule has 1 unspecified atom stereocenters. The Morgan fingerprint density at radius 1 is 1.11 bits per heavy atom. The lowest BCUT2D eigenvalue weighted by molar-refractivity contribution is -0.0762. The number of nitrogens with zero attached hydrogens (tertiary/aromatic N) is 1. The second kappa shape index (κ2) is 10.1. The number of rotatable bonds is 9. The van der Waals surface area contributed by atoms with Gasteiger partial charge in [-0.3, -0.25) is 9.59 Å². The number of ether oxygens (including phenoxy) is 2. The molecule has 0 radical (unpaired) electrons. The molecule has 3 rings (SSSR count). The van der Waals surface area contributed by atoms with E-state index in [-0.39, 0.29) is 22.3 Å². The van der Waals surface area contributed by atoms with Crippen LogP contribution in [0.4, 0.5) is 13.2 Å². The molecule has 1 heterocycles. The van der Waals surface area contributed by atoms with E-state index in [1.54, 1.807) is 25.1 Å². The molecule has 1 atom stereocenters. The van der Waals surface area contributed by atoms with Crippen molar-refractivity contribution in [3.05, 3.63) is 65.4 Å². The summed E-state index contributed by atoms with van der Waals surface area (Å²) in [6.45, 7) is 5.55. The summed E-state index contributed by atoms with van der Waals surface area (Å²) in [5.74, 6) is -2.05. The molecule has 12 heteroatoms. The predicted molar refractivity (Wildman–Crippen MR) is 119 cm³/mol. The molecule has 1 aliphatic heterocycles. The summed E-state index contributed by atoms with van der Waals surface area (Å²) in [6, 6.07) is 6.98. The van der Waals surface area contributed by atoms with E-state index in [2.05, 4.69) is 4.28 Å². The zero-order chi connectivity index (χ0) is 26.0. The number of allylic oxidation sites excluding steroid dienone is 3. The molecule has 0 N–H and O–H groups in total. The van der Waals surface area contributed by atoms with Crippen molar-refractivity contribution in [1.29, 1.82) is 0 Å². The molecular formula is C23H22F3NO7S. The van der Waals surface area contributed by atoms with Gasteiger partial charge in [0.25, 0.3) is 11.8 Å². The topological polar surface area (TPSA) is 99.2 Å². The number of imide groups is 1. The van der Waals surface area contributed by atoms with Gasteiger partial charge in [0.2, 0.25) is 6.29 Å². The summed E-state index contributed by atoms with van der Waals surface area (Å²) >= 11 is 0. The average Bonchev–Trinajstić information content (AvgIpc) is 2.79. The zero-order valence-electron chi connectivity index (χ0n) is 19.0. The maximum atomic E-state index is 12.9. The Bertz CT molecular complexity index is 1320. The number of carbonyl (C=O) groups excluding carboxylic acids is 2. The molecule has 2 aromatic rings. The number of hydrogen-bond acceptors (Lipinski definition) is 7. The quantitative estimate of drug-likeness (QED) is 0.149. The lowest BCUT2D eigenvalue weighted by atomic mass is 9.95. The van der Waals surface area contributed by atoms with Crippen LogP contribution in [0.5, 0.6) is 5.75 Å². The van der Waals surface area contributed by atoms with E-state index in [1.165, 1.54) is 24.3 Å². The molecule has 188 valence electrons. The van der Waals surface area contributed by atoms with E-state index in [0.717, 1.165) is 0 Å². The van der Waals surface area contributed by atoms with Crippen LogP contribution in [0.2, 0.25) is 0 Å². The van der Waals surface area contributed by atoms with E-state index in [0.29, 0.717) is 24.0 Å². The standard InChI is InChI=1S/C23H22F3NO7S/c1-4-8-15(9-5-2)32-19(6-3)33-16-12-14-10-7-11-17-20(14)18(13-16)22(29)27(21(17)28)34-35(30,31)23(24,25)26/h4,7-13,19H,5-6H2,1-3H3/b8-4-,15-9+. The Hall–Kier alpha value is -3.38. The highest BCUT2D eigenvalue weighted by atomic mass is 32.2. The third kappa shape index (κ3) is 5.33. The number of carbonyl (C=O) groups is 2. The van der Waals surface area contributed by atoms with Gasteiger partial charge in [0.15, 0.2) is 0 Å². The van der Waals surface area contributed by atoms with E-state index in [9.17, 15) is 31.2 Å². The summed E-state index contributed by atoms with van der Waals surface area (Å²) < 4.78 is 77.1. The Balaban J connectivity index is 2.02. The van der Waals surface area contributed by atoms with Crippen molar-refractivity contribution in [2.24, 2.45) is 0 Å². The van der Waals surface area contributed by atoms with Crippen LogP contribution in [0, 0.1) is 0 Å². The van der Waals surface area contributed by atoms with Crippen molar-refractivity contribution in [1.82, 2.24) is 5.06 Å². The molecule has 0 spiro atoms. The summed E-state index contributed by atoms with van der Waals surface area (Å²) in [5.41, 5.74) is -6.31. The molecule has 8 nitrogen and oxygen atoms in total. The third-order valence-electron chi connectivity index (χ3n) is 4.84. The van der Waals surface area contributed by atoms with Crippen LogP contribution in [0.25, 0.3) is 10.8 Å². The van der Waals surface area contributed by atoms with Gasteiger partial charge in [-0.25, -0.2) is 0 Å². The van der Waals surface area contributed by atoms with Gasteiger partial charge in [0, 0.05) is 11.8 Å². The van der Waals surface area contributed by atoms with Crippen LogP contribution in [0.15, 0.2) is 54.3 Å². The first-order valence-corrected chi connectivity index (χ1v) is 12.0. The minimum atomic E-state index is -6.27. The van der Waals surface area contributed by atoms with E-state index < -0.39 is 38.8 Å². The number of hydroxylamine groups is 2. The first-order valence-electron chi connectivity index (χ1n) is 10.6. The van der Waals surface area contributed by atoms with Gasteiger partial charge in [-0.1, -0.05) is 32.1 Å². The summed E-state index contributed by atoms with van der Waals surface area (Å²) in [7, 11) is -6.27. The molecule has 1 aliphatic rings. The lowest BCUT2D eigenvalue weighted by Gasteiger charge is -2.26. The van der Waals surface area contributed by atoms with Crippen molar-refractivity contribution in [2.75, 3.05) is 0 Å². The first-order chi connectivity index (χ1) is 16.4. The second-order valence-electron chi connectivity index (χ2n) is 7.34. The van der Waals surface area contributed by atoms with Crippen molar-refractivity contribution in [2.45, 2.75) is 45.4 Å². The Kier molecular flexibility index (Phi) is 7.56. The fraction of sp³-hybridized carbons (Fsp3) is 0.304. The number of hydrogen-bond donors (Lipinski definition) is 0. The molecule has 0 fully saturated rings. The Labute approximate surface area is 199 Å². The smallest absolute Gasteiger partial charge is 0.455 e. The molecular weight excluding hydrogens is 491 g/mol. The number of halogens is 3. The van der Waals surface area contributed by atoms with Crippen LogP contribution < -0.4 is 4.74 Å². The lowest BCUT2D eigenvalue weighted by Crippen LogP contribution is -2.44. The van der Waals surface area contributed by atoms with Crippen molar-refractivity contribution in [3.63, 3.8) is 0 Å². The van der Waals surface area contributed by atoms with Gasteiger partial charge in [-0.05, 0) is 49.1 Å². The fourth-order valence-corrected chi connectivity index (χ4v) is 3.77.